The molecule has 5 heteroatoms. The Morgan fingerprint density at radius 3 is 2.52 bits per heavy atom. The fourth-order valence-electron chi connectivity index (χ4n) is 3.51. The van der Waals surface area contributed by atoms with E-state index in [1.54, 1.807) is 6.07 Å². The Hall–Kier alpha value is -3.34. The molecule has 0 aliphatic carbocycles. The summed E-state index contributed by atoms with van der Waals surface area (Å²) in [6.45, 7) is 2.15. The number of carbonyl (C=O) groups excluding carboxylic acids is 2. The minimum absolute atomic E-state index is 0.143. The number of nitrogens with one attached hydrogen (secondary N) is 1. The smallest absolute Gasteiger partial charge is 0.259 e. The summed E-state index contributed by atoms with van der Waals surface area (Å²) in [7, 11) is 0. The summed E-state index contributed by atoms with van der Waals surface area (Å²) in [4.78, 5) is 24.7. The van der Waals surface area contributed by atoms with Gasteiger partial charge in [0.25, 0.3) is 11.8 Å². The first-order chi connectivity index (χ1) is 12.1. The van der Waals surface area contributed by atoms with E-state index in [0.717, 1.165) is 21.9 Å². The van der Waals surface area contributed by atoms with Gasteiger partial charge in [-0.05, 0) is 30.0 Å². The molecule has 0 spiro atoms. The molecule has 1 N–H and O–H groups in total. The highest BCUT2D eigenvalue weighted by Gasteiger charge is 2.33. The summed E-state index contributed by atoms with van der Waals surface area (Å²) in [6.07, 6.45) is 0. The lowest BCUT2D eigenvalue weighted by Crippen LogP contribution is -2.20. The van der Waals surface area contributed by atoms with Crippen LogP contribution >= 0.6 is 0 Å². The highest BCUT2D eigenvalue weighted by atomic mass is 16.7. The molecule has 0 saturated heterocycles. The van der Waals surface area contributed by atoms with Crippen molar-refractivity contribution >= 4 is 22.6 Å². The van der Waals surface area contributed by atoms with Crippen molar-refractivity contribution in [3.63, 3.8) is 0 Å². The van der Waals surface area contributed by atoms with E-state index < -0.39 is 0 Å². The number of imide groups is 1. The second-order valence-electron chi connectivity index (χ2n) is 6.22. The monoisotopic (exact) mass is 331 g/mol. The van der Waals surface area contributed by atoms with E-state index in [1.807, 2.05) is 43.3 Å². The van der Waals surface area contributed by atoms with E-state index >= 15 is 0 Å². The lowest BCUT2D eigenvalue weighted by Gasteiger charge is -2.13. The highest BCUT2D eigenvalue weighted by molar-refractivity contribution is 6.28. The topological polar surface area (TPSA) is 64.6 Å². The number of amides is 2. The fourth-order valence-corrected chi connectivity index (χ4v) is 3.51. The number of ether oxygens (including phenoxy) is 2. The van der Waals surface area contributed by atoms with E-state index in [4.69, 9.17) is 9.47 Å². The number of carbonyl (C=O) groups is 2. The van der Waals surface area contributed by atoms with Crippen LogP contribution in [-0.4, -0.2) is 18.6 Å². The van der Waals surface area contributed by atoms with Crippen LogP contribution in [0, 0.1) is 6.92 Å². The summed E-state index contributed by atoms with van der Waals surface area (Å²) < 4.78 is 11.2. The lowest BCUT2D eigenvalue weighted by molar-refractivity contribution is 0.0880. The van der Waals surface area contributed by atoms with Crippen LogP contribution in [0.3, 0.4) is 0 Å². The molecule has 2 amide bonds. The molecule has 3 aromatic carbocycles. The Labute approximate surface area is 143 Å². The van der Waals surface area contributed by atoms with Gasteiger partial charge in [-0.25, -0.2) is 0 Å². The summed E-state index contributed by atoms with van der Waals surface area (Å²) in [5, 5.41) is 4.03. The van der Waals surface area contributed by atoms with Crippen molar-refractivity contribution in [2.75, 3.05) is 6.79 Å². The number of fused-ring (bicyclic) bond motifs is 4. The van der Waals surface area contributed by atoms with Gasteiger partial charge in [0.15, 0.2) is 11.5 Å². The molecule has 0 radical (unpaired) electrons. The second kappa shape index (κ2) is 4.83. The first-order valence-electron chi connectivity index (χ1n) is 7.95. The van der Waals surface area contributed by atoms with Crippen LogP contribution in [0.15, 0.2) is 42.5 Å². The van der Waals surface area contributed by atoms with E-state index in [0.29, 0.717) is 28.2 Å². The molecular formula is C20H13NO4. The van der Waals surface area contributed by atoms with Gasteiger partial charge in [-0.15, -0.1) is 0 Å². The van der Waals surface area contributed by atoms with Crippen molar-refractivity contribution in [1.82, 2.24) is 5.32 Å². The van der Waals surface area contributed by atoms with Crippen LogP contribution in [0.1, 0.15) is 26.3 Å². The maximum atomic E-state index is 12.5. The summed E-state index contributed by atoms with van der Waals surface area (Å²) >= 11 is 0. The van der Waals surface area contributed by atoms with E-state index in [2.05, 4.69) is 5.32 Å². The highest BCUT2D eigenvalue weighted by Crippen LogP contribution is 2.46. The van der Waals surface area contributed by atoms with Gasteiger partial charge in [-0.2, -0.15) is 0 Å². The molecule has 5 nitrogen and oxygen atoms in total. The molecule has 25 heavy (non-hydrogen) atoms. The van der Waals surface area contributed by atoms with E-state index in [1.165, 1.54) is 0 Å². The number of hydrogen-bond donors (Lipinski definition) is 1. The molecule has 0 fully saturated rings. The molecule has 0 saturated carbocycles. The molecule has 0 atom stereocenters. The lowest BCUT2D eigenvalue weighted by atomic mass is 9.89. The van der Waals surface area contributed by atoms with Gasteiger partial charge in [0.1, 0.15) is 0 Å². The third kappa shape index (κ3) is 1.89. The van der Waals surface area contributed by atoms with Crippen LogP contribution in [0.5, 0.6) is 11.5 Å². The fraction of sp³-hybridized carbons (Fsp3) is 0.100. The zero-order valence-corrected chi connectivity index (χ0v) is 13.4. The average molecular weight is 331 g/mol. The molecule has 2 aliphatic heterocycles. The number of hydrogen-bond acceptors (Lipinski definition) is 4. The summed E-state index contributed by atoms with van der Waals surface area (Å²) in [6, 6.07) is 13.3. The van der Waals surface area contributed by atoms with Gasteiger partial charge in [0.2, 0.25) is 6.79 Å². The van der Waals surface area contributed by atoms with E-state index in [9.17, 15) is 9.59 Å². The molecule has 0 unspecified atom stereocenters. The first kappa shape index (κ1) is 14.0. The maximum absolute atomic E-state index is 12.5. The van der Waals surface area contributed by atoms with Gasteiger partial charge in [-0.3, -0.25) is 14.9 Å². The van der Waals surface area contributed by atoms with E-state index in [-0.39, 0.29) is 18.6 Å². The van der Waals surface area contributed by atoms with Gasteiger partial charge in [-0.1, -0.05) is 35.9 Å². The third-order valence-corrected chi connectivity index (χ3v) is 4.68. The molecule has 3 aromatic rings. The minimum atomic E-state index is -0.381. The number of rotatable bonds is 1. The predicted molar refractivity (Wildman–Crippen MR) is 92.0 cm³/mol. The Kier molecular flexibility index (Phi) is 2.71. The molecule has 2 aliphatic rings. The van der Waals surface area contributed by atoms with Crippen molar-refractivity contribution in [3.05, 3.63) is 59.2 Å². The number of aryl methyl sites for hydroxylation is 1. The number of benzene rings is 3. The SMILES string of the molecule is Cc1ccc(-c2c3c(cc4ccc5c(c24)OCO5)C(=O)NC3=O)cc1. The molecular weight excluding hydrogens is 318 g/mol. The third-order valence-electron chi connectivity index (χ3n) is 4.68. The average Bonchev–Trinajstić information content (AvgIpc) is 3.19. The predicted octanol–water partition coefficient (Wildman–Crippen LogP) is 3.43. The van der Waals surface area contributed by atoms with Gasteiger partial charge < -0.3 is 9.47 Å². The van der Waals surface area contributed by atoms with Gasteiger partial charge in [0.05, 0.1) is 11.1 Å². The van der Waals surface area contributed by atoms with Crippen LogP contribution in [0.4, 0.5) is 0 Å². The van der Waals surface area contributed by atoms with Crippen molar-refractivity contribution in [2.45, 2.75) is 6.92 Å². The van der Waals surface area contributed by atoms with Crippen LogP contribution < -0.4 is 14.8 Å². The zero-order chi connectivity index (χ0) is 17.1. The van der Waals surface area contributed by atoms with Gasteiger partial charge in [0, 0.05) is 10.9 Å². The quantitative estimate of drug-likeness (QED) is 0.694. The van der Waals surface area contributed by atoms with Crippen LogP contribution in [0.25, 0.3) is 21.9 Å². The Morgan fingerprint density at radius 1 is 0.920 bits per heavy atom. The second-order valence-corrected chi connectivity index (χ2v) is 6.22. The standard InChI is InChI=1S/C20H13NO4/c1-10-2-4-11(5-3-10)15-16-12(6-7-14-18(16)25-9-24-14)8-13-17(15)20(23)21-19(13)22/h2-8H,9H2,1H3,(H,21,22,23). The van der Waals surface area contributed by atoms with Crippen molar-refractivity contribution in [2.24, 2.45) is 0 Å². The van der Waals surface area contributed by atoms with Gasteiger partial charge >= 0.3 is 0 Å². The Morgan fingerprint density at radius 2 is 1.72 bits per heavy atom. The molecule has 0 aromatic heterocycles. The minimum Gasteiger partial charge on any atom is -0.454 e. The Bertz CT molecular complexity index is 1080. The summed E-state index contributed by atoms with van der Waals surface area (Å²) in [5.74, 6) is 0.510. The largest absolute Gasteiger partial charge is 0.454 e. The van der Waals surface area contributed by atoms with Crippen molar-refractivity contribution in [1.29, 1.82) is 0 Å². The molecule has 0 bridgehead atoms. The normalized spacial score (nSPS) is 14.8. The maximum Gasteiger partial charge on any atom is 0.259 e. The van der Waals surface area contributed by atoms with Crippen LogP contribution in [0.2, 0.25) is 0 Å². The molecule has 122 valence electrons. The van der Waals surface area contributed by atoms with Crippen LogP contribution in [-0.2, 0) is 0 Å². The zero-order valence-electron chi connectivity index (χ0n) is 13.4. The van der Waals surface area contributed by atoms with Crippen molar-refractivity contribution < 1.29 is 19.1 Å². The first-order valence-corrected chi connectivity index (χ1v) is 7.95. The Balaban J connectivity index is 1.97. The van der Waals surface area contributed by atoms with Crippen molar-refractivity contribution in [3.8, 4) is 22.6 Å². The summed E-state index contributed by atoms with van der Waals surface area (Å²) in [5.41, 5.74) is 3.47. The molecule has 2 heterocycles. The molecule has 5 rings (SSSR count).